The molecule has 3 aromatic heterocycles. The Bertz CT molecular complexity index is 1330. The van der Waals surface area contributed by atoms with E-state index in [-0.39, 0.29) is 11.7 Å². The summed E-state index contributed by atoms with van der Waals surface area (Å²) in [4.78, 5) is 17.9. The zero-order valence-corrected chi connectivity index (χ0v) is 19.7. The molecule has 1 aromatic carbocycles. The van der Waals surface area contributed by atoms with E-state index in [4.69, 9.17) is 19.4 Å². The van der Waals surface area contributed by atoms with Crippen molar-refractivity contribution in [2.45, 2.75) is 12.8 Å². The van der Waals surface area contributed by atoms with E-state index in [1.807, 2.05) is 30.1 Å². The number of fused-ring (bicyclic) bond motifs is 1. The van der Waals surface area contributed by atoms with E-state index >= 15 is 0 Å². The summed E-state index contributed by atoms with van der Waals surface area (Å²) in [6.07, 6.45) is 3.39. The number of methoxy groups -OCH3 is 1. The number of benzene rings is 1. The maximum Gasteiger partial charge on any atom is 0.228 e. The first-order chi connectivity index (χ1) is 16.4. The van der Waals surface area contributed by atoms with Crippen molar-refractivity contribution in [2.75, 3.05) is 50.7 Å². The maximum absolute atomic E-state index is 14.8. The fourth-order valence-electron chi connectivity index (χ4n) is 3.78. The zero-order chi connectivity index (χ0) is 23.8. The molecule has 0 spiro atoms. The van der Waals surface area contributed by atoms with Gasteiger partial charge in [0.15, 0.2) is 10.8 Å². The summed E-state index contributed by atoms with van der Waals surface area (Å²) < 4.78 is 41.8. The molecule has 12 heteroatoms. The van der Waals surface area contributed by atoms with Crippen LogP contribution in [0.5, 0.6) is 0 Å². The van der Waals surface area contributed by atoms with Crippen LogP contribution in [0.3, 0.4) is 0 Å². The van der Waals surface area contributed by atoms with E-state index < -0.39 is 11.6 Å². The molecule has 5 rings (SSSR count). The minimum absolute atomic E-state index is 0.203. The van der Waals surface area contributed by atoms with Gasteiger partial charge in [-0.2, -0.15) is 15.1 Å². The lowest BCUT2D eigenvalue weighted by atomic mass is 10.1. The van der Waals surface area contributed by atoms with Crippen molar-refractivity contribution in [1.82, 2.24) is 24.7 Å². The maximum atomic E-state index is 14.8. The largest absolute Gasteiger partial charge is 0.370 e. The molecule has 0 saturated carbocycles. The normalized spacial score (nSPS) is 16.4. The number of thiazole rings is 1. The van der Waals surface area contributed by atoms with E-state index in [0.717, 1.165) is 16.8 Å². The first-order valence-electron chi connectivity index (χ1n) is 10.6. The average molecular weight is 488 g/mol. The number of rotatable bonds is 6. The van der Waals surface area contributed by atoms with Crippen molar-refractivity contribution in [3.8, 4) is 11.3 Å². The van der Waals surface area contributed by atoms with Crippen LogP contribution in [0, 0.1) is 11.6 Å². The highest BCUT2D eigenvalue weighted by Gasteiger charge is 2.27. The predicted molar refractivity (Wildman–Crippen MR) is 125 cm³/mol. The van der Waals surface area contributed by atoms with Gasteiger partial charge in [0.05, 0.1) is 25.0 Å². The number of hydrogen-bond acceptors (Lipinski definition) is 9. The average Bonchev–Trinajstić information content (AvgIpc) is 3.46. The molecule has 1 aliphatic rings. The third kappa shape index (κ3) is 4.31. The monoisotopic (exact) mass is 487 g/mol. The minimum atomic E-state index is -0.684. The Morgan fingerprint density at radius 2 is 2.09 bits per heavy atom. The molecule has 4 heterocycles. The summed E-state index contributed by atoms with van der Waals surface area (Å²) in [6.45, 7) is 1.85. The molecular formula is C22H23F2N7O2S. The molecule has 0 radical (unpaired) electrons. The smallest absolute Gasteiger partial charge is 0.228 e. The van der Waals surface area contributed by atoms with Crippen LogP contribution in [0.4, 0.5) is 19.9 Å². The van der Waals surface area contributed by atoms with Crippen molar-refractivity contribution in [1.29, 1.82) is 0 Å². The van der Waals surface area contributed by atoms with E-state index in [9.17, 15) is 8.78 Å². The number of hydrogen-bond donors (Lipinski definition) is 0. The highest BCUT2D eigenvalue weighted by molar-refractivity contribution is 7.22. The molecule has 0 amide bonds. The van der Waals surface area contributed by atoms with Gasteiger partial charge in [0, 0.05) is 51.1 Å². The first-order valence-corrected chi connectivity index (χ1v) is 11.4. The van der Waals surface area contributed by atoms with Crippen LogP contribution in [-0.4, -0.2) is 65.6 Å². The van der Waals surface area contributed by atoms with Crippen LogP contribution >= 0.6 is 11.3 Å². The Hall–Kier alpha value is -3.22. The quantitative estimate of drug-likeness (QED) is 0.409. The Kier molecular flexibility index (Phi) is 6.11. The summed E-state index contributed by atoms with van der Waals surface area (Å²) >= 11 is 1.36. The molecule has 1 aliphatic heterocycles. The van der Waals surface area contributed by atoms with Crippen LogP contribution in [-0.2, 0) is 16.2 Å². The summed E-state index contributed by atoms with van der Waals surface area (Å²) in [6, 6.07) is 3.49. The fourth-order valence-corrected chi connectivity index (χ4v) is 4.71. The molecule has 1 fully saturated rings. The molecule has 0 bridgehead atoms. The molecular weight excluding hydrogens is 464 g/mol. The highest BCUT2D eigenvalue weighted by atomic mass is 32.1. The van der Waals surface area contributed by atoms with Crippen LogP contribution < -0.4 is 9.80 Å². The second-order valence-electron chi connectivity index (χ2n) is 8.08. The molecule has 0 aliphatic carbocycles. The van der Waals surface area contributed by atoms with Gasteiger partial charge in [-0.1, -0.05) is 11.3 Å². The number of aromatic nitrogens is 5. The minimum Gasteiger partial charge on any atom is -0.370 e. The topological polar surface area (TPSA) is 81.4 Å². The standard InChI is InChI=1S/C22H23F2N7O2S/c1-29(2)22-28-20-19(34-22)18(15-5-4-14(23)8-16(15)24)26-21(27-20)30-6-7-33-17(11-30)13-9-25-31(10-13)12-32-3/h4-5,8-10,17H,6-7,11-12H2,1-3H3/t17-/m0/s1. The first kappa shape index (κ1) is 22.6. The van der Waals surface area contributed by atoms with Crippen molar-refractivity contribution < 1.29 is 18.3 Å². The molecule has 9 nitrogen and oxygen atoms in total. The van der Waals surface area contributed by atoms with Crippen molar-refractivity contribution >= 4 is 32.8 Å². The highest BCUT2D eigenvalue weighted by Crippen LogP contribution is 2.37. The van der Waals surface area contributed by atoms with Gasteiger partial charge in [-0.3, -0.25) is 0 Å². The number of anilines is 2. The third-order valence-corrected chi connectivity index (χ3v) is 6.65. The lowest BCUT2D eigenvalue weighted by molar-refractivity contribution is 0.0390. The second kappa shape index (κ2) is 9.20. The number of nitrogens with zero attached hydrogens (tertiary/aromatic N) is 7. The van der Waals surface area contributed by atoms with Gasteiger partial charge in [-0.25, -0.2) is 18.4 Å². The van der Waals surface area contributed by atoms with Gasteiger partial charge in [0.25, 0.3) is 0 Å². The van der Waals surface area contributed by atoms with Gasteiger partial charge < -0.3 is 19.3 Å². The number of ether oxygens (including phenoxy) is 2. The molecule has 34 heavy (non-hydrogen) atoms. The molecule has 4 aromatic rings. The second-order valence-corrected chi connectivity index (χ2v) is 9.05. The lowest BCUT2D eigenvalue weighted by Crippen LogP contribution is -2.39. The Morgan fingerprint density at radius 3 is 2.85 bits per heavy atom. The molecule has 178 valence electrons. The Morgan fingerprint density at radius 1 is 1.24 bits per heavy atom. The molecule has 0 N–H and O–H groups in total. The van der Waals surface area contributed by atoms with E-state index in [2.05, 4.69) is 10.1 Å². The molecule has 0 unspecified atom stereocenters. The summed E-state index contributed by atoms with van der Waals surface area (Å²) in [5, 5.41) is 5.00. The van der Waals surface area contributed by atoms with Gasteiger partial charge in [0.2, 0.25) is 5.95 Å². The van der Waals surface area contributed by atoms with Crippen LogP contribution in [0.15, 0.2) is 30.6 Å². The summed E-state index contributed by atoms with van der Waals surface area (Å²) in [5.74, 6) is -0.911. The van der Waals surface area contributed by atoms with Crippen LogP contribution in [0.25, 0.3) is 21.6 Å². The summed E-state index contributed by atoms with van der Waals surface area (Å²) in [5.41, 5.74) is 1.97. The van der Waals surface area contributed by atoms with Crippen LogP contribution in [0.2, 0.25) is 0 Å². The predicted octanol–water partition coefficient (Wildman–Crippen LogP) is 3.48. The van der Waals surface area contributed by atoms with Gasteiger partial charge >= 0.3 is 0 Å². The van der Waals surface area contributed by atoms with Crippen LogP contribution in [0.1, 0.15) is 11.7 Å². The summed E-state index contributed by atoms with van der Waals surface area (Å²) in [7, 11) is 5.36. The van der Waals surface area contributed by atoms with Crippen molar-refractivity contribution in [3.05, 3.63) is 47.8 Å². The molecule has 1 saturated heterocycles. The Labute approximate surface area is 198 Å². The molecule has 1 atom stereocenters. The zero-order valence-electron chi connectivity index (χ0n) is 18.9. The van der Waals surface area contributed by atoms with Gasteiger partial charge in [0.1, 0.15) is 29.2 Å². The van der Waals surface area contributed by atoms with E-state index in [0.29, 0.717) is 48.4 Å². The van der Waals surface area contributed by atoms with E-state index in [1.54, 1.807) is 18.0 Å². The van der Waals surface area contributed by atoms with Crippen molar-refractivity contribution in [3.63, 3.8) is 0 Å². The van der Waals surface area contributed by atoms with Gasteiger partial charge in [-0.05, 0) is 12.1 Å². The SMILES string of the molecule is COCn1cc([C@@H]2CN(c3nc(-c4ccc(F)cc4F)c4sc(N(C)C)nc4n3)CCO2)cn1. The van der Waals surface area contributed by atoms with E-state index in [1.165, 1.54) is 23.5 Å². The number of morpholine rings is 1. The Balaban J connectivity index is 1.55. The fraction of sp³-hybridized carbons (Fsp3) is 0.364. The van der Waals surface area contributed by atoms with Gasteiger partial charge in [-0.15, -0.1) is 0 Å². The number of halogens is 2. The lowest BCUT2D eigenvalue weighted by Gasteiger charge is -2.32. The third-order valence-electron chi connectivity index (χ3n) is 5.44. The van der Waals surface area contributed by atoms with Crippen molar-refractivity contribution in [2.24, 2.45) is 0 Å².